The van der Waals surface area contributed by atoms with Crippen molar-refractivity contribution in [2.45, 2.75) is 67.0 Å². The predicted molar refractivity (Wildman–Crippen MR) is 148 cm³/mol. The lowest BCUT2D eigenvalue weighted by molar-refractivity contribution is 0.0999. The van der Waals surface area contributed by atoms with Crippen LogP contribution in [0.3, 0.4) is 0 Å². The first-order valence-electron chi connectivity index (χ1n) is 11.1. The normalized spacial score (nSPS) is 12.2. The van der Waals surface area contributed by atoms with Gasteiger partial charge in [0.25, 0.3) is 5.91 Å². The maximum atomic E-state index is 12.0. The minimum absolute atomic E-state index is 0.0109. The van der Waals surface area contributed by atoms with Crippen molar-refractivity contribution < 1.29 is 9.90 Å². The van der Waals surface area contributed by atoms with Gasteiger partial charge in [-0.05, 0) is 63.3 Å². The molecule has 0 unspecified atom stereocenters. The van der Waals surface area contributed by atoms with Crippen LogP contribution in [0.25, 0.3) is 0 Å². The topological polar surface area (TPSA) is 68.2 Å². The fourth-order valence-corrected chi connectivity index (χ4v) is 4.00. The Labute approximate surface area is 206 Å². The number of nitrogens with two attached hydrogens (primary N) is 1. The molecule has 1 heterocycles. The number of aromatic nitrogens is 1. The van der Waals surface area contributed by atoms with E-state index in [4.69, 9.17) is 5.73 Å². The summed E-state index contributed by atoms with van der Waals surface area (Å²) < 4.78 is 2.11. The van der Waals surface area contributed by atoms with Crippen molar-refractivity contribution in [1.82, 2.24) is 4.57 Å². The van der Waals surface area contributed by atoms with Crippen LogP contribution in [0.1, 0.15) is 63.2 Å². The Balaban J connectivity index is 0. The van der Waals surface area contributed by atoms with E-state index in [1.165, 1.54) is 0 Å². The Morgan fingerprint density at radius 2 is 1.76 bits per heavy atom. The summed E-state index contributed by atoms with van der Waals surface area (Å²) in [6.45, 7) is 26.6. The fraction of sp³-hybridized carbons (Fsp3) is 0.393. The zero-order valence-electron chi connectivity index (χ0n) is 21.9. The molecular weight excluding hydrogens is 428 g/mol. The smallest absolute Gasteiger partial charge is 0.250 e. The van der Waals surface area contributed by atoms with Gasteiger partial charge >= 0.3 is 0 Å². The summed E-state index contributed by atoms with van der Waals surface area (Å²) >= 11 is 1.57. The molecule has 0 radical (unpaired) electrons. The largest absolute Gasteiger partial charge is 0.392 e. The zero-order valence-corrected chi connectivity index (χ0v) is 22.7. The molecule has 0 saturated heterocycles. The molecule has 0 saturated carbocycles. The van der Waals surface area contributed by atoms with E-state index in [0.717, 1.165) is 38.3 Å². The van der Waals surface area contributed by atoms with Crippen LogP contribution in [0, 0.1) is 19.8 Å². The number of carbonyl (C=O) groups is 1. The van der Waals surface area contributed by atoms with E-state index < -0.39 is 5.91 Å². The van der Waals surface area contributed by atoms with Crippen molar-refractivity contribution in [2.24, 2.45) is 11.7 Å². The van der Waals surface area contributed by atoms with E-state index in [2.05, 4.69) is 45.1 Å². The van der Waals surface area contributed by atoms with E-state index in [0.29, 0.717) is 12.1 Å². The molecule has 4 nitrogen and oxygen atoms in total. The highest BCUT2D eigenvalue weighted by molar-refractivity contribution is 8.03. The van der Waals surface area contributed by atoms with Crippen molar-refractivity contribution in [3.8, 4) is 0 Å². The van der Waals surface area contributed by atoms with Crippen LogP contribution >= 0.6 is 11.8 Å². The van der Waals surface area contributed by atoms with Crippen molar-refractivity contribution in [1.29, 1.82) is 0 Å². The van der Waals surface area contributed by atoms with E-state index in [1.807, 2.05) is 65.0 Å². The Bertz CT molecular complexity index is 881. The molecule has 0 aliphatic rings. The number of allylic oxidation sites excluding steroid dienone is 7. The molecule has 1 rings (SSSR count). The van der Waals surface area contributed by atoms with Crippen LogP contribution in [-0.2, 0) is 6.54 Å². The van der Waals surface area contributed by atoms with Crippen molar-refractivity contribution in [3.63, 3.8) is 0 Å². The average Bonchev–Trinajstić information content (AvgIpc) is 2.98. The van der Waals surface area contributed by atoms with Gasteiger partial charge in [-0.25, -0.2) is 0 Å². The summed E-state index contributed by atoms with van der Waals surface area (Å²) in [4.78, 5) is 13.0. The lowest BCUT2D eigenvalue weighted by Gasteiger charge is -2.13. The van der Waals surface area contributed by atoms with Gasteiger partial charge in [-0.1, -0.05) is 69.5 Å². The lowest BCUT2D eigenvalue weighted by Crippen LogP contribution is -2.13. The summed E-state index contributed by atoms with van der Waals surface area (Å²) in [5.41, 5.74) is 9.88. The number of aliphatic hydroxyl groups excluding tert-OH is 1. The summed E-state index contributed by atoms with van der Waals surface area (Å²) in [6, 6.07) is 0. The molecule has 0 aromatic carbocycles. The third kappa shape index (κ3) is 11.8. The molecule has 0 fully saturated rings. The second-order valence-corrected chi connectivity index (χ2v) is 9.05. The SMILES string of the molecule is C=C.C=C/C=C(\C=C/C)Cn1c(C)c(C(N)=O)c(C)c1SC(/C=C(\C)CO)=C/C.CC(C)C. The average molecular weight is 473 g/mol. The Morgan fingerprint density at radius 1 is 1.21 bits per heavy atom. The number of hydrogen-bond acceptors (Lipinski definition) is 3. The summed E-state index contributed by atoms with van der Waals surface area (Å²) in [5, 5.41) is 10.3. The van der Waals surface area contributed by atoms with E-state index in [9.17, 15) is 9.90 Å². The molecule has 0 bridgehead atoms. The molecule has 0 aliphatic carbocycles. The van der Waals surface area contributed by atoms with Gasteiger partial charge in [-0.15, -0.1) is 13.2 Å². The Kier molecular flexibility index (Phi) is 17.8. The summed E-state index contributed by atoms with van der Waals surface area (Å²) in [5.74, 6) is 0.412. The molecule has 0 atom stereocenters. The van der Waals surface area contributed by atoms with Gasteiger partial charge in [0.1, 0.15) is 0 Å². The van der Waals surface area contributed by atoms with Gasteiger partial charge < -0.3 is 15.4 Å². The molecule has 1 amide bonds. The van der Waals surface area contributed by atoms with Gasteiger partial charge in [0.05, 0.1) is 17.2 Å². The summed E-state index contributed by atoms with van der Waals surface area (Å²) in [7, 11) is 0. The first-order valence-corrected chi connectivity index (χ1v) is 11.9. The first kappa shape index (κ1) is 32.7. The number of rotatable bonds is 9. The fourth-order valence-electron chi connectivity index (χ4n) is 2.83. The number of aliphatic hydroxyl groups is 1. The van der Waals surface area contributed by atoms with Gasteiger partial charge in [0.15, 0.2) is 0 Å². The number of hydrogen-bond donors (Lipinski definition) is 2. The highest BCUT2D eigenvalue weighted by Gasteiger charge is 2.22. The Morgan fingerprint density at radius 3 is 2.15 bits per heavy atom. The predicted octanol–water partition coefficient (Wildman–Crippen LogP) is 7.29. The second kappa shape index (κ2) is 18.0. The third-order valence-corrected chi connectivity index (χ3v) is 5.45. The summed E-state index contributed by atoms with van der Waals surface area (Å²) in [6.07, 6.45) is 11.7. The maximum absolute atomic E-state index is 12.0. The van der Waals surface area contributed by atoms with Crippen molar-refractivity contribution in [2.75, 3.05) is 6.61 Å². The van der Waals surface area contributed by atoms with Gasteiger partial charge in [-0.3, -0.25) is 4.79 Å². The molecule has 1 aromatic heterocycles. The monoisotopic (exact) mass is 472 g/mol. The van der Waals surface area contributed by atoms with Crippen LogP contribution in [0.5, 0.6) is 0 Å². The van der Waals surface area contributed by atoms with Gasteiger partial charge in [-0.2, -0.15) is 0 Å². The molecule has 5 heteroatoms. The molecule has 0 aliphatic heterocycles. The third-order valence-electron chi connectivity index (χ3n) is 4.14. The quantitative estimate of drug-likeness (QED) is 0.225. The number of nitrogens with zero attached hydrogens (tertiary/aromatic N) is 1. The maximum Gasteiger partial charge on any atom is 0.250 e. The first-order chi connectivity index (χ1) is 15.5. The molecule has 1 aromatic rings. The van der Waals surface area contributed by atoms with Crippen LogP contribution in [0.2, 0.25) is 0 Å². The minimum Gasteiger partial charge on any atom is -0.392 e. The highest BCUT2D eigenvalue weighted by atomic mass is 32.2. The van der Waals surface area contributed by atoms with Crippen LogP contribution in [-0.4, -0.2) is 22.2 Å². The van der Waals surface area contributed by atoms with Gasteiger partial charge in [0.2, 0.25) is 0 Å². The van der Waals surface area contributed by atoms with Crippen molar-refractivity contribution >= 4 is 17.7 Å². The zero-order chi connectivity index (χ0) is 26.1. The van der Waals surface area contributed by atoms with Crippen LogP contribution in [0.4, 0.5) is 0 Å². The number of carbonyl (C=O) groups excluding carboxylic acids is 1. The Hall–Kier alpha value is -2.50. The highest BCUT2D eigenvalue weighted by Crippen LogP contribution is 2.36. The molecule has 184 valence electrons. The van der Waals surface area contributed by atoms with E-state index >= 15 is 0 Å². The van der Waals surface area contributed by atoms with E-state index in [1.54, 1.807) is 17.8 Å². The standard InChI is InChI=1S/C22H30N2O2S.C4H10.C2H4/c1-7-10-18(11-8-2)13-24-17(6)20(21(23)26)16(5)22(24)27-19(9-3)12-15(4)14-25;1-4(2)3;1-2/h7-12,25H,1,13-14H2,2-6H3,(H2,23,26);4H,1-3H3;1-2H2/b11-8-,15-12+,18-10+,19-9+;;. The molecular formula is C28H44N2O2S. The minimum atomic E-state index is -0.421. The van der Waals surface area contributed by atoms with Crippen LogP contribution < -0.4 is 5.73 Å². The molecule has 3 N–H and O–H groups in total. The number of amides is 1. The number of thioether (sulfide) groups is 1. The second-order valence-electron chi connectivity index (χ2n) is 7.99. The molecule has 0 spiro atoms. The van der Waals surface area contributed by atoms with Crippen LogP contribution in [0.15, 0.2) is 77.3 Å². The number of primary amides is 1. The van der Waals surface area contributed by atoms with Gasteiger partial charge in [0, 0.05) is 17.1 Å². The lowest BCUT2D eigenvalue weighted by atomic mass is 10.1. The van der Waals surface area contributed by atoms with E-state index in [-0.39, 0.29) is 6.61 Å². The molecule has 33 heavy (non-hydrogen) atoms. The van der Waals surface area contributed by atoms with Crippen molar-refractivity contribution in [3.05, 3.63) is 89.1 Å².